The molecule has 0 saturated carbocycles. The fourth-order valence-electron chi connectivity index (χ4n) is 2.68. The van der Waals surface area contributed by atoms with Crippen LogP contribution in [0.4, 0.5) is 18.9 Å². The summed E-state index contributed by atoms with van der Waals surface area (Å²) in [5.41, 5.74) is -0.751. The van der Waals surface area contributed by atoms with Gasteiger partial charge in [-0.3, -0.25) is 14.2 Å². The lowest BCUT2D eigenvalue weighted by Gasteiger charge is -2.13. The van der Waals surface area contributed by atoms with Crippen LogP contribution in [0, 0.1) is 0 Å². The number of carbonyl (C=O) groups is 1. The average molecular weight is 442 g/mol. The maximum absolute atomic E-state index is 12.9. The van der Waals surface area contributed by atoms with Crippen molar-refractivity contribution in [1.29, 1.82) is 0 Å². The van der Waals surface area contributed by atoms with Crippen molar-refractivity contribution in [2.75, 3.05) is 11.1 Å². The molecule has 1 heterocycles. The van der Waals surface area contributed by atoms with Crippen LogP contribution >= 0.6 is 23.4 Å². The topological polar surface area (TPSA) is 64.0 Å². The number of nitrogens with zero attached hydrogens (tertiary/aromatic N) is 2. The van der Waals surface area contributed by atoms with Crippen molar-refractivity contribution >= 4 is 45.9 Å². The summed E-state index contributed by atoms with van der Waals surface area (Å²) < 4.78 is 40.3. The molecule has 0 aliphatic carbocycles. The van der Waals surface area contributed by atoms with Crippen molar-refractivity contribution in [1.82, 2.24) is 9.55 Å². The summed E-state index contributed by atoms with van der Waals surface area (Å²) in [7, 11) is 0. The van der Waals surface area contributed by atoms with E-state index in [0.29, 0.717) is 22.6 Å². The van der Waals surface area contributed by atoms with Gasteiger partial charge in [0.1, 0.15) is 0 Å². The molecule has 3 rings (SSSR count). The number of aromatic nitrogens is 2. The minimum atomic E-state index is -4.63. The first-order valence-corrected chi connectivity index (χ1v) is 9.86. The van der Waals surface area contributed by atoms with Crippen LogP contribution in [0.15, 0.2) is 52.4 Å². The lowest BCUT2D eigenvalue weighted by molar-refractivity contribution is -0.137. The summed E-state index contributed by atoms with van der Waals surface area (Å²) in [4.78, 5) is 29.2. The van der Waals surface area contributed by atoms with Gasteiger partial charge < -0.3 is 5.32 Å². The van der Waals surface area contributed by atoms with Gasteiger partial charge >= 0.3 is 6.18 Å². The maximum atomic E-state index is 12.9. The number of fused-ring (bicyclic) bond motifs is 1. The van der Waals surface area contributed by atoms with Gasteiger partial charge in [-0.2, -0.15) is 13.2 Å². The second-order valence-electron chi connectivity index (χ2n) is 5.99. The third-order valence-corrected chi connectivity index (χ3v) is 5.34. The largest absolute Gasteiger partial charge is 0.417 e. The van der Waals surface area contributed by atoms with Crippen molar-refractivity contribution < 1.29 is 18.0 Å². The van der Waals surface area contributed by atoms with E-state index in [1.807, 2.05) is 0 Å². The monoisotopic (exact) mass is 441 g/mol. The molecule has 3 aromatic rings. The minimum absolute atomic E-state index is 0.0216. The molecule has 2 aromatic carbocycles. The van der Waals surface area contributed by atoms with Crippen LogP contribution in [0.25, 0.3) is 10.9 Å². The first-order chi connectivity index (χ1) is 13.7. The summed E-state index contributed by atoms with van der Waals surface area (Å²) in [6, 6.07) is 10.0. The van der Waals surface area contributed by atoms with Gasteiger partial charge in [0.25, 0.3) is 5.56 Å². The number of carbonyl (C=O) groups excluding carboxylic acids is 1. The summed E-state index contributed by atoms with van der Waals surface area (Å²) in [5, 5.41) is 2.80. The standard InChI is InChI=1S/C19H15ClF3N3O2S/c1-2-26-17(28)12-5-3-4-6-15(12)25-18(26)29-10-16(27)24-11-7-8-14(20)13(9-11)19(21,22)23/h3-9H,2,10H2,1H3,(H,24,27). The van der Waals surface area contributed by atoms with Crippen molar-refractivity contribution in [3.8, 4) is 0 Å². The average Bonchev–Trinajstić information content (AvgIpc) is 2.67. The van der Waals surface area contributed by atoms with E-state index in [0.717, 1.165) is 23.9 Å². The summed E-state index contributed by atoms with van der Waals surface area (Å²) in [5.74, 6) is -0.662. The number of hydrogen-bond acceptors (Lipinski definition) is 4. The number of halogens is 4. The molecule has 0 radical (unpaired) electrons. The highest BCUT2D eigenvalue weighted by molar-refractivity contribution is 7.99. The Morgan fingerprint density at radius 3 is 2.66 bits per heavy atom. The number of thioether (sulfide) groups is 1. The van der Waals surface area contributed by atoms with E-state index in [1.54, 1.807) is 31.2 Å². The number of para-hydroxylation sites is 1. The SMILES string of the molecule is CCn1c(SCC(=O)Nc2ccc(Cl)c(C(F)(F)F)c2)nc2ccccc2c1=O. The Kier molecular flexibility index (Phi) is 6.18. The highest BCUT2D eigenvalue weighted by Gasteiger charge is 2.33. The second kappa shape index (κ2) is 8.46. The van der Waals surface area contributed by atoms with Gasteiger partial charge in [-0.15, -0.1) is 0 Å². The molecular weight excluding hydrogens is 427 g/mol. The van der Waals surface area contributed by atoms with Crippen molar-refractivity contribution in [2.45, 2.75) is 24.8 Å². The fourth-order valence-corrected chi connectivity index (χ4v) is 3.77. The first kappa shape index (κ1) is 21.2. The van der Waals surface area contributed by atoms with Crippen LogP contribution in [0.2, 0.25) is 5.02 Å². The van der Waals surface area contributed by atoms with Gasteiger partial charge in [-0.25, -0.2) is 4.98 Å². The van der Waals surface area contributed by atoms with E-state index < -0.39 is 22.7 Å². The predicted molar refractivity (Wildman–Crippen MR) is 107 cm³/mol. The summed E-state index contributed by atoms with van der Waals surface area (Å²) >= 11 is 6.61. The zero-order valence-electron chi connectivity index (χ0n) is 15.1. The molecule has 29 heavy (non-hydrogen) atoms. The number of nitrogens with one attached hydrogen (secondary N) is 1. The zero-order chi connectivity index (χ0) is 21.2. The molecule has 0 aliphatic rings. The van der Waals surface area contributed by atoms with Crippen molar-refractivity contribution in [3.63, 3.8) is 0 Å². The lowest BCUT2D eigenvalue weighted by atomic mass is 10.2. The summed E-state index contributed by atoms with van der Waals surface area (Å²) in [6.45, 7) is 2.15. The van der Waals surface area contributed by atoms with Gasteiger partial charge in [-0.05, 0) is 37.3 Å². The van der Waals surface area contributed by atoms with E-state index in [-0.39, 0.29) is 17.0 Å². The van der Waals surface area contributed by atoms with Gasteiger partial charge in [-0.1, -0.05) is 35.5 Å². The van der Waals surface area contributed by atoms with Crippen LogP contribution in [0.1, 0.15) is 12.5 Å². The lowest BCUT2D eigenvalue weighted by Crippen LogP contribution is -2.23. The molecule has 0 bridgehead atoms. The number of hydrogen-bond donors (Lipinski definition) is 1. The number of rotatable bonds is 5. The Hall–Kier alpha value is -2.52. The maximum Gasteiger partial charge on any atom is 0.417 e. The van der Waals surface area contributed by atoms with Gasteiger partial charge in [0.05, 0.1) is 27.2 Å². The molecule has 0 spiro atoms. The van der Waals surface area contributed by atoms with Crippen LogP contribution in [-0.2, 0) is 17.5 Å². The Labute approximate surface area is 172 Å². The van der Waals surface area contributed by atoms with Crippen LogP contribution < -0.4 is 10.9 Å². The highest BCUT2D eigenvalue weighted by atomic mass is 35.5. The quantitative estimate of drug-likeness (QED) is 0.455. The van der Waals surface area contributed by atoms with Gasteiger partial charge in [0, 0.05) is 12.2 Å². The molecule has 1 N–H and O–H groups in total. The number of amides is 1. The normalized spacial score (nSPS) is 11.6. The van der Waals surface area contributed by atoms with Crippen molar-refractivity contribution in [2.24, 2.45) is 0 Å². The van der Waals surface area contributed by atoms with Gasteiger partial charge in [0.2, 0.25) is 5.91 Å². The Bertz CT molecular complexity index is 1130. The molecule has 0 fully saturated rings. The number of anilines is 1. The molecule has 1 aromatic heterocycles. The Balaban J connectivity index is 1.77. The highest BCUT2D eigenvalue weighted by Crippen LogP contribution is 2.36. The number of alkyl halides is 3. The van der Waals surface area contributed by atoms with E-state index in [2.05, 4.69) is 10.3 Å². The van der Waals surface area contributed by atoms with Gasteiger partial charge in [0.15, 0.2) is 5.16 Å². The molecule has 5 nitrogen and oxygen atoms in total. The molecule has 0 unspecified atom stereocenters. The Morgan fingerprint density at radius 2 is 1.97 bits per heavy atom. The fraction of sp³-hybridized carbons (Fsp3) is 0.211. The van der Waals surface area contributed by atoms with Crippen LogP contribution in [0.5, 0.6) is 0 Å². The van der Waals surface area contributed by atoms with Crippen LogP contribution in [0.3, 0.4) is 0 Å². The van der Waals surface area contributed by atoms with E-state index in [9.17, 15) is 22.8 Å². The molecule has 0 saturated heterocycles. The molecule has 10 heteroatoms. The Morgan fingerprint density at radius 1 is 1.24 bits per heavy atom. The predicted octanol–water partition coefficient (Wildman–Crippen LogP) is 4.82. The van der Waals surface area contributed by atoms with Crippen molar-refractivity contribution in [3.05, 3.63) is 63.4 Å². The second-order valence-corrected chi connectivity index (χ2v) is 7.34. The third-order valence-electron chi connectivity index (χ3n) is 4.03. The molecule has 0 aliphatic heterocycles. The molecule has 1 amide bonds. The molecule has 0 atom stereocenters. The first-order valence-electron chi connectivity index (χ1n) is 8.49. The minimum Gasteiger partial charge on any atom is -0.325 e. The molecular formula is C19H15ClF3N3O2S. The summed E-state index contributed by atoms with van der Waals surface area (Å²) in [6.07, 6.45) is -4.63. The molecule has 152 valence electrons. The smallest absolute Gasteiger partial charge is 0.325 e. The number of benzene rings is 2. The van der Waals surface area contributed by atoms with E-state index in [1.165, 1.54) is 10.6 Å². The third kappa shape index (κ3) is 4.73. The van der Waals surface area contributed by atoms with Crippen LogP contribution in [-0.4, -0.2) is 21.2 Å². The van der Waals surface area contributed by atoms with E-state index in [4.69, 9.17) is 11.6 Å². The van der Waals surface area contributed by atoms with E-state index >= 15 is 0 Å². The zero-order valence-corrected chi connectivity index (χ0v) is 16.7.